The molecule has 0 bridgehead atoms. The van der Waals surface area contributed by atoms with E-state index in [1.165, 1.54) is 0 Å². The number of anilines is 1. The summed E-state index contributed by atoms with van der Waals surface area (Å²) in [6.45, 7) is 2.09. The molecule has 2 saturated heterocycles. The van der Waals surface area contributed by atoms with Gasteiger partial charge < -0.3 is 9.80 Å². The Kier molecular flexibility index (Phi) is 4.45. The number of hydrogen-bond acceptors (Lipinski definition) is 4. The topological polar surface area (TPSA) is 54.3 Å². The van der Waals surface area contributed by atoms with Gasteiger partial charge in [-0.1, -0.05) is 0 Å². The van der Waals surface area contributed by atoms with E-state index in [1.54, 1.807) is 17.3 Å². The predicted molar refractivity (Wildman–Crippen MR) is 95.5 cm³/mol. The second-order valence-electron chi connectivity index (χ2n) is 6.57. The quantitative estimate of drug-likeness (QED) is 0.783. The van der Waals surface area contributed by atoms with E-state index < -0.39 is 6.17 Å². The SMILES string of the molecule is O=C(C1CCN(c2cnccc2-n2cc(Br)cn2)CC1)N1CC(F)C1. The summed E-state index contributed by atoms with van der Waals surface area (Å²) >= 11 is 3.42. The number of alkyl halides is 1. The van der Waals surface area contributed by atoms with Crippen LogP contribution in [0.5, 0.6) is 0 Å². The van der Waals surface area contributed by atoms with E-state index in [2.05, 4.69) is 30.9 Å². The second-order valence-corrected chi connectivity index (χ2v) is 7.49. The molecule has 2 aliphatic heterocycles. The van der Waals surface area contributed by atoms with Crippen LogP contribution in [0.15, 0.2) is 35.3 Å². The summed E-state index contributed by atoms with van der Waals surface area (Å²) in [6.07, 6.45) is 7.98. The Balaban J connectivity index is 1.45. The van der Waals surface area contributed by atoms with Gasteiger partial charge in [0.15, 0.2) is 0 Å². The van der Waals surface area contributed by atoms with Gasteiger partial charge in [-0.15, -0.1) is 0 Å². The van der Waals surface area contributed by atoms with Crippen LogP contribution in [0.1, 0.15) is 12.8 Å². The number of halogens is 2. The number of amides is 1. The molecule has 132 valence electrons. The van der Waals surface area contributed by atoms with Gasteiger partial charge in [0.25, 0.3) is 0 Å². The van der Waals surface area contributed by atoms with Crippen molar-refractivity contribution in [3.05, 3.63) is 35.3 Å². The molecule has 0 radical (unpaired) electrons. The van der Waals surface area contributed by atoms with Crippen LogP contribution in [0.3, 0.4) is 0 Å². The first-order chi connectivity index (χ1) is 12.1. The highest BCUT2D eigenvalue weighted by Gasteiger charge is 2.36. The lowest BCUT2D eigenvalue weighted by atomic mass is 9.93. The van der Waals surface area contributed by atoms with Gasteiger partial charge in [0.2, 0.25) is 5.91 Å². The smallest absolute Gasteiger partial charge is 0.226 e. The van der Waals surface area contributed by atoms with Crippen LogP contribution >= 0.6 is 15.9 Å². The molecule has 0 spiro atoms. The monoisotopic (exact) mass is 407 g/mol. The van der Waals surface area contributed by atoms with Crippen molar-refractivity contribution in [2.24, 2.45) is 5.92 Å². The van der Waals surface area contributed by atoms with Gasteiger partial charge in [-0.3, -0.25) is 9.78 Å². The number of aromatic nitrogens is 3. The Bertz CT molecular complexity index is 768. The van der Waals surface area contributed by atoms with Crippen molar-refractivity contribution in [3.63, 3.8) is 0 Å². The van der Waals surface area contributed by atoms with E-state index in [0.717, 1.165) is 41.8 Å². The molecule has 0 aliphatic carbocycles. The van der Waals surface area contributed by atoms with E-state index in [1.807, 2.05) is 23.1 Å². The highest BCUT2D eigenvalue weighted by atomic mass is 79.9. The van der Waals surface area contributed by atoms with E-state index >= 15 is 0 Å². The van der Waals surface area contributed by atoms with E-state index in [4.69, 9.17) is 0 Å². The molecule has 4 rings (SSSR count). The normalized spacial score (nSPS) is 19.1. The average Bonchev–Trinajstić information content (AvgIpc) is 3.05. The maximum absolute atomic E-state index is 13.0. The second kappa shape index (κ2) is 6.74. The van der Waals surface area contributed by atoms with Gasteiger partial charge in [0.05, 0.1) is 41.3 Å². The van der Waals surface area contributed by atoms with Gasteiger partial charge in [-0.2, -0.15) is 5.10 Å². The maximum Gasteiger partial charge on any atom is 0.226 e. The van der Waals surface area contributed by atoms with Crippen LogP contribution in [0.4, 0.5) is 10.1 Å². The highest BCUT2D eigenvalue weighted by Crippen LogP contribution is 2.30. The van der Waals surface area contributed by atoms with Crippen molar-refractivity contribution in [1.29, 1.82) is 0 Å². The Morgan fingerprint density at radius 2 is 1.96 bits per heavy atom. The fraction of sp³-hybridized carbons (Fsp3) is 0.471. The Hall–Kier alpha value is -1.96. The average molecular weight is 408 g/mol. The number of carbonyl (C=O) groups is 1. The fourth-order valence-corrected chi connectivity index (χ4v) is 3.76. The number of likely N-dealkylation sites (tertiary alicyclic amines) is 1. The molecular formula is C17H19BrFN5O. The van der Waals surface area contributed by atoms with E-state index in [-0.39, 0.29) is 24.9 Å². The van der Waals surface area contributed by atoms with Crippen molar-refractivity contribution in [3.8, 4) is 5.69 Å². The van der Waals surface area contributed by atoms with Crippen LogP contribution < -0.4 is 4.90 Å². The van der Waals surface area contributed by atoms with Crippen molar-refractivity contribution in [2.45, 2.75) is 19.0 Å². The van der Waals surface area contributed by atoms with Crippen LogP contribution in [0.2, 0.25) is 0 Å². The standard InChI is InChI=1S/C17H19BrFN5O/c18-13-7-21-24(9-13)15-1-4-20-8-16(15)22-5-2-12(3-6-22)17(25)23-10-14(19)11-23/h1,4,7-9,12,14H,2-3,5-6,10-11H2. The highest BCUT2D eigenvalue weighted by molar-refractivity contribution is 9.10. The minimum absolute atomic E-state index is 0.00252. The summed E-state index contributed by atoms with van der Waals surface area (Å²) in [4.78, 5) is 20.5. The fourth-order valence-electron chi connectivity index (χ4n) is 3.48. The van der Waals surface area contributed by atoms with E-state index in [9.17, 15) is 9.18 Å². The van der Waals surface area contributed by atoms with Gasteiger partial charge in [0, 0.05) is 31.4 Å². The van der Waals surface area contributed by atoms with Crippen molar-refractivity contribution >= 4 is 27.5 Å². The van der Waals surface area contributed by atoms with Gasteiger partial charge >= 0.3 is 0 Å². The number of nitrogens with zero attached hydrogens (tertiary/aromatic N) is 5. The van der Waals surface area contributed by atoms with Crippen LogP contribution in [0.25, 0.3) is 5.69 Å². The third-order valence-corrected chi connectivity index (χ3v) is 5.32. The zero-order valence-corrected chi connectivity index (χ0v) is 15.3. The Morgan fingerprint density at radius 3 is 2.60 bits per heavy atom. The number of carbonyl (C=O) groups excluding carboxylic acids is 1. The molecule has 6 nitrogen and oxygen atoms in total. The third-order valence-electron chi connectivity index (χ3n) is 4.91. The summed E-state index contributed by atoms with van der Waals surface area (Å²) in [5.41, 5.74) is 1.98. The summed E-state index contributed by atoms with van der Waals surface area (Å²) in [6, 6.07) is 1.94. The Labute approximate surface area is 153 Å². The summed E-state index contributed by atoms with van der Waals surface area (Å²) in [5, 5.41) is 4.35. The first-order valence-corrected chi connectivity index (χ1v) is 9.23. The lowest BCUT2D eigenvalue weighted by molar-refractivity contribution is -0.143. The molecule has 0 unspecified atom stereocenters. The summed E-state index contributed by atoms with van der Waals surface area (Å²) in [7, 11) is 0. The van der Waals surface area contributed by atoms with Crippen molar-refractivity contribution in [1.82, 2.24) is 19.7 Å². The van der Waals surface area contributed by atoms with Crippen LogP contribution in [0, 0.1) is 5.92 Å². The molecule has 2 aromatic rings. The first-order valence-electron chi connectivity index (χ1n) is 8.44. The molecular weight excluding hydrogens is 389 g/mol. The molecule has 8 heteroatoms. The van der Waals surface area contributed by atoms with Crippen LogP contribution in [-0.2, 0) is 4.79 Å². The molecule has 4 heterocycles. The number of rotatable bonds is 3. The zero-order chi connectivity index (χ0) is 17.4. The molecule has 2 fully saturated rings. The first kappa shape index (κ1) is 16.5. The Morgan fingerprint density at radius 1 is 1.20 bits per heavy atom. The van der Waals surface area contributed by atoms with Crippen LogP contribution in [-0.4, -0.2) is 57.9 Å². The van der Waals surface area contributed by atoms with Crippen molar-refractivity contribution in [2.75, 3.05) is 31.1 Å². The van der Waals surface area contributed by atoms with E-state index in [0.29, 0.717) is 0 Å². The lowest BCUT2D eigenvalue weighted by Gasteiger charge is -2.40. The zero-order valence-electron chi connectivity index (χ0n) is 13.7. The molecule has 2 aromatic heterocycles. The number of piperidine rings is 1. The van der Waals surface area contributed by atoms with Gasteiger partial charge in [-0.25, -0.2) is 9.07 Å². The molecule has 0 atom stereocenters. The van der Waals surface area contributed by atoms with Gasteiger partial charge in [-0.05, 0) is 34.8 Å². The molecule has 2 aliphatic rings. The summed E-state index contributed by atoms with van der Waals surface area (Å²) < 4.78 is 15.7. The molecule has 0 N–H and O–H groups in total. The molecule has 1 amide bonds. The van der Waals surface area contributed by atoms with Crippen molar-refractivity contribution < 1.29 is 9.18 Å². The summed E-state index contributed by atoms with van der Waals surface area (Å²) in [5.74, 6) is 0.110. The third kappa shape index (κ3) is 3.27. The molecule has 25 heavy (non-hydrogen) atoms. The van der Waals surface area contributed by atoms with Gasteiger partial charge in [0.1, 0.15) is 6.17 Å². The largest absolute Gasteiger partial charge is 0.368 e. The minimum atomic E-state index is -0.838. The lowest BCUT2D eigenvalue weighted by Crippen LogP contribution is -2.54. The number of pyridine rings is 1. The molecule has 0 saturated carbocycles. The predicted octanol–water partition coefficient (Wildman–Crippen LogP) is 2.43. The minimum Gasteiger partial charge on any atom is -0.368 e. The number of hydrogen-bond donors (Lipinski definition) is 0. The molecule has 0 aromatic carbocycles. The maximum atomic E-state index is 13.0.